The lowest BCUT2D eigenvalue weighted by Gasteiger charge is -2.30. The molecule has 1 nitrogen and oxygen atoms in total. The van der Waals surface area contributed by atoms with E-state index in [0.717, 1.165) is 17.8 Å². The van der Waals surface area contributed by atoms with Gasteiger partial charge in [-0.1, -0.05) is 0 Å². The van der Waals surface area contributed by atoms with Gasteiger partial charge in [0.25, 0.3) is 0 Å². The summed E-state index contributed by atoms with van der Waals surface area (Å²) in [4.78, 5) is 2.71. The first-order chi connectivity index (χ1) is 5.42. The van der Waals surface area contributed by atoms with E-state index in [4.69, 9.17) is 0 Å². The van der Waals surface area contributed by atoms with Gasteiger partial charge in [0, 0.05) is 13.1 Å². The maximum Gasteiger partial charge on any atom is 0.00125 e. The first-order valence-electron chi connectivity index (χ1n) is 5.14. The topological polar surface area (TPSA) is 3.24 Å². The molecule has 0 aromatic rings. The second-order valence-corrected chi connectivity index (χ2v) is 4.76. The molecule has 0 spiro atoms. The van der Waals surface area contributed by atoms with Gasteiger partial charge in [0.05, 0.1) is 0 Å². The Kier molecular flexibility index (Phi) is 1.31. The number of nitrogens with zero attached hydrogens (tertiary/aromatic N) is 1. The second kappa shape index (κ2) is 2.22. The minimum atomic E-state index is 1.10. The van der Waals surface area contributed by atoms with E-state index in [1.54, 1.807) is 12.8 Å². The molecular weight excluding hydrogens is 134 g/mol. The molecule has 2 aliphatic heterocycles. The van der Waals surface area contributed by atoms with Crippen molar-refractivity contribution >= 4 is 0 Å². The molecule has 62 valence electrons. The summed E-state index contributed by atoms with van der Waals surface area (Å²) < 4.78 is 0. The van der Waals surface area contributed by atoms with Crippen LogP contribution in [0.25, 0.3) is 0 Å². The van der Waals surface area contributed by atoms with Crippen LogP contribution in [0.4, 0.5) is 0 Å². The number of piperidine rings is 1. The predicted molar refractivity (Wildman–Crippen MR) is 45.4 cm³/mol. The number of hydrogen-bond acceptors (Lipinski definition) is 1. The summed E-state index contributed by atoms with van der Waals surface area (Å²) in [6, 6.07) is 0. The largest absolute Gasteiger partial charge is 0.303 e. The zero-order valence-corrected chi connectivity index (χ0v) is 7.13. The average Bonchev–Trinajstić information content (AvgIpc) is 2.17. The summed E-state index contributed by atoms with van der Waals surface area (Å²) in [5, 5.41) is 0. The van der Waals surface area contributed by atoms with Crippen molar-refractivity contribution in [2.24, 2.45) is 17.8 Å². The Bertz CT molecular complexity index is 164. The van der Waals surface area contributed by atoms with Crippen LogP contribution < -0.4 is 0 Å². The Morgan fingerprint density at radius 3 is 2.91 bits per heavy atom. The van der Waals surface area contributed by atoms with Gasteiger partial charge in [-0.25, -0.2) is 0 Å². The third-order valence-corrected chi connectivity index (χ3v) is 4.00. The minimum Gasteiger partial charge on any atom is -0.303 e. The molecule has 0 radical (unpaired) electrons. The maximum atomic E-state index is 2.71. The highest BCUT2D eigenvalue weighted by atomic mass is 15.1. The lowest BCUT2D eigenvalue weighted by atomic mass is 9.93. The van der Waals surface area contributed by atoms with Crippen LogP contribution in [0.1, 0.15) is 25.7 Å². The smallest absolute Gasteiger partial charge is 0.00125 e. The van der Waals surface area contributed by atoms with Gasteiger partial charge >= 0.3 is 0 Å². The fourth-order valence-electron chi connectivity index (χ4n) is 3.59. The predicted octanol–water partition coefficient (Wildman–Crippen LogP) is 1.74. The monoisotopic (exact) mass is 151 g/mol. The van der Waals surface area contributed by atoms with Crippen LogP contribution in [0.3, 0.4) is 0 Å². The fourth-order valence-corrected chi connectivity index (χ4v) is 3.59. The molecule has 0 N–H and O–H groups in total. The first-order valence-corrected chi connectivity index (χ1v) is 5.14. The maximum absolute atomic E-state index is 2.71. The van der Waals surface area contributed by atoms with E-state index >= 15 is 0 Å². The van der Waals surface area contributed by atoms with Gasteiger partial charge in [0.1, 0.15) is 0 Å². The molecule has 1 saturated carbocycles. The van der Waals surface area contributed by atoms with E-state index in [1.165, 1.54) is 32.5 Å². The fraction of sp³-hybridized carbons (Fsp3) is 1.00. The zero-order valence-electron chi connectivity index (χ0n) is 7.13. The van der Waals surface area contributed by atoms with Gasteiger partial charge in [-0.3, -0.25) is 0 Å². The van der Waals surface area contributed by atoms with Crippen molar-refractivity contribution in [1.29, 1.82) is 0 Å². The summed E-state index contributed by atoms with van der Waals surface area (Å²) in [5.41, 5.74) is 0. The molecule has 4 unspecified atom stereocenters. The molecule has 1 aliphatic carbocycles. The van der Waals surface area contributed by atoms with Crippen LogP contribution in [-0.4, -0.2) is 24.5 Å². The lowest BCUT2D eigenvalue weighted by Crippen LogP contribution is -2.36. The van der Waals surface area contributed by atoms with Crippen molar-refractivity contribution in [2.45, 2.75) is 25.7 Å². The minimum absolute atomic E-state index is 1.10. The van der Waals surface area contributed by atoms with Crippen molar-refractivity contribution < 1.29 is 0 Å². The Balaban J connectivity index is 1.89. The number of rotatable bonds is 0. The van der Waals surface area contributed by atoms with E-state index < -0.39 is 0 Å². The molecule has 0 aromatic heterocycles. The molecule has 2 heterocycles. The van der Waals surface area contributed by atoms with Crippen LogP contribution in [0.2, 0.25) is 0 Å². The highest BCUT2D eigenvalue weighted by Gasteiger charge is 2.41. The highest BCUT2D eigenvalue weighted by Crippen LogP contribution is 2.44. The second-order valence-electron chi connectivity index (χ2n) is 4.76. The van der Waals surface area contributed by atoms with E-state index in [0.29, 0.717) is 0 Å². The molecule has 11 heavy (non-hydrogen) atoms. The van der Waals surface area contributed by atoms with Crippen LogP contribution in [0.5, 0.6) is 0 Å². The molecule has 3 aliphatic rings. The van der Waals surface area contributed by atoms with Crippen molar-refractivity contribution in [3.8, 4) is 0 Å². The summed E-state index contributed by atoms with van der Waals surface area (Å²) in [6.07, 6.45) is 6.16. The Hall–Kier alpha value is -0.0400. The molecule has 3 bridgehead atoms. The van der Waals surface area contributed by atoms with Gasteiger partial charge < -0.3 is 4.90 Å². The van der Waals surface area contributed by atoms with Gasteiger partial charge in [-0.2, -0.15) is 0 Å². The highest BCUT2D eigenvalue weighted by molar-refractivity contribution is 4.93. The molecule has 0 aromatic carbocycles. The standard InChI is InChI=1S/C10H17N/c1-2-9-4-8-5-10(9)7-11(3-1)6-8/h8-10H,1-7H2. The number of hydrogen-bond donors (Lipinski definition) is 0. The molecule has 4 atom stereocenters. The third kappa shape index (κ3) is 0.936. The summed E-state index contributed by atoms with van der Waals surface area (Å²) in [5.74, 6) is 3.34. The Morgan fingerprint density at radius 2 is 1.91 bits per heavy atom. The Morgan fingerprint density at radius 1 is 1.00 bits per heavy atom. The van der Waals surface area contributed by atoms with Crippen molar-refractivity contribution in [3.05, 3.63) is 0 Å². The van der Waals surface area contributed by atoms with Gasteiger partial charge in [0.2, 0.25) is 0 Å². The van der Waals surface area contributed by atoms with E-state index in [9.17, 15) is 0 Å². The van der Waals surface area contributed by atoms with Crippen molar-refractivity contribution in [3.63, 3.8) is 0 Å². The normalized spacial score (nSPS) is 54.5. The van der Waals surface area contributed by atoms with E-state index in [-0.39, 0.29) is 0 Å². The van der Waals surface area contributed by atoms with Crippen LogP contribution in [0, 0.1) is 17.8 Å². The van der Waals surface area contributed by atoms with Crippen molar-refractivity contribution in [2.75, 3.05) is 19.6 Å². The molecule has 2 saturated heterocycles. The summed E-state index contributed by atoms with van der Waals surface area (Å²) in [6.45, 7) is 4.29. The SMILES string of the molecule is C1CC2CC3CC2CN(C1)C3. The lowest BCUT2D eigenvalue weighted by molar-refractivity contribution is 0.175. The molecule has 1 heteroatoms. The molecule has 0 amide bonds. The molecule has 3 fully saturated rings. The first kappa shape index (κ1) is 6.47. The van der Waals surface area contributed by atoms with Gasteiger partial charge in [0.15, 0.2) is 0 Å². The quantitative estimate of drug-likeness (QED) is 0.509. The van der Waals surface area contributed by atoms with Gasteiger partial charge in [-0.15, -0.1) is 0 Å². The van der Waals surface area contributed by atoms with Crippen molar-refractivity contribution in [1.82, 2.24) is 4.90 Å². The average molecular weight is 151 g/mol. The molecule has 3 rings (SSSR count). The number of fused-ring (bicyclic) bond motifs is 2. The Labute approximate surface area is 68.8 Å². The van der Waals surface area contributed by atoms with Crippen LogP contribution >= 0.6 is 0 Å². The zero-order chi connectivity index (χ0) is 7.26. The van der Waals surface area contributed by atoms with Crippen LogP contribution in [0.15, 0.2) is 0 Å². The summed E-state index contributed by atoms with van der Waals surface area (Å²) >= 11 is 0. The van der Waals surface area contributed by atoms with E-state index in [2.05, 4.69) is 4.90 Å². The van der Waals surface area contributed by atoms with Gasteiger partial charge in [-0.05, 0) is 50.0 Å². The molecular formula is C10H17N. The summed E-state index contributed by atoms with van der Waals surface area (Å²) in [7, 11) is 0. The van der Waals surface area contributed by atoms with E-state index in [1.807, 2.05) is 0 Å². The van der Waals surface area contributed by atoms with Crippen LogP contribution in [-0.2, 0) is 0 Å². The third-order valence-electron chi connectivity index (χ3n) is 4.00.